The van der Waals surface area contributed by atoms with Gasteiger partial charge in [-0.2, -0.15) is 0 Å². The molecule has 1 heterocycles. The molecule has 6 aliphatic rings. The second kappa shape index (κ2) is 1.86. The van der Waals surface area contributed by atoms with Gasteiger partial charge in [-0.05, 0) is 63.7 Å². The van der Waals surface area contributed by atoms with Crippen molar-refractivity contribution in [3.05, 3.63) is 5.82 Å². The van der Waals surface area contributed by atoms with Crippen LogP contribution in [0.4, 0.5) is 0 Å². The van der Waals surface area contributed by atoms with Gasteiger partial charge < -0.3 is 0 Å². The van der Waals surface area contributed by atoms with E-state index in [-0.39, 0.29) is 0 Å². The van der Waals surface area contributed by atoms with Crippen molar-refractivity contribution in [1.82, 2.24) is 20.6 Å². The van der Waals surface area contributed by atoms with Gasteiger partial charge in [0.2, 0.25) is 0 Å². The number of hydrogen-bond acceptors (Lipinski definition) is 3. The fourth-order valence-electron chi connectivity index (χ4n) is 7.68. The summed E-state index contributed by atoms with van der Waals surface area (Å²) in [5.41, 5.74) is 1.28. The number of aromatic nitrogens is 4. The molecule has 0 bridgehead atoms. The van der Waals surface area contributed by atoms with Crippen LogP contribution in [0.2, 0.25) is 0 Å². The van der Waals surface area contributed by atoms with Crippen LogP contribution in [-0.4, -0.2) is 20.6 Å². The maximum atomic E-state index is 4.23. The maximum Gasteiger partial charge on any atom is 0.155 e. The summed E-state index contributed by atoms with van der Waals surface area (Å²) in [5, 5.41) is 14.9. The van der Waals surface area contributed by atoms with Crippen molar-refractivity contribution in [1.29, 1.82) is 0 Å². The Morgan fingerprint density at radius 1 is 1.12 bits per heavy atom. The van der Waals surface area contributed by atoms with E-state index in [1.807, 2.05) is 0 Å². The first kappa shape index (κ1) is 8.22. The molecular weight excluding hydrogens is 212 g/mol. The van der Waals surface area contributed by atoms with Gasteiger partial charge in [-0.15, -0.1) is 5.10 Å². The van der Waals surface area contributed by atoms with E-state index in [1.165, 1.54) is 6.42 Å². The van der Waals surface area contributed by atoms with Crippen LogP contribution in [-0.2, 0) is 5.41 Å². The highest BCUT2D eigenvalue weighted by Gasteiger charge is 3.10. The minimum atomic E-state index is 0.461. The monoisotopic (exact) mass is 228 g/mol. The summed E-state index contributed by atoms with van der Waals surface area (Å²) in [7, 11) is 0. The van der Waals surface area contributed by atoms with Crippen molar-refractivity contribution in [2.24, 2.45) is 46.8 Å². The number of H-pyrrole nitrogens is 1. The summed E-state index contributed by atoms with van der Waals surface area (Å²) >= 11 is 0. The van der Waals surface area contributed by atoms with Gasteiger partial charge in [-0.3, -0.25) is 0 Å². The molecule has 17 heavy (non-hydrogen) atoms. The van der Waals surface area contributed by atoms with Crippen LogP contribution in [0.5, 0.6) is 0 Å². The molecule has 0 aromatic carbocycles. The van der Waals surface area contributed by atoms with Gasteiger partial charge in [-0.25, -0.2) is 5.10 Å². The largest absolute Gasteiger partial charge is 0.242 e. The zero-order chi connectivity index (χ0) is 11.2. The van der Waals surface area contributed by atoms with E-state index in [4.69, 9.17) is 0 Å². The molecule has 4 nitrogen and oxygen atoms in total. The van der Waals surface area contributed by atoms with E-state index in [9.17, 15) is 0 Å². The Balaban J connectivity index is 1.41. The average Bonchev–Trinajstić information content (AvgIpc) is 2.82. The smallest absolute Gasteiger partial charge is 0.155 e. The lowest BCUT2D eigenvalue weighted by Gasteiger charge is -3.11. The van der Waals surface area contributed by atoms with Crippen molar-refractivity contribution in [3.8, 4) is 0 Å². The number of aromatic amines is 1. The highest BCUT2D eigenvalue weighted by atomic mass is 15.5. The average molecular weight is 228 g/mol. The fourth-order valence-corrected chi connectivity index (χ4v) is 7.68. The lowest BCUT2D eigenvalue weighted by atomic mass is 8.92. The Morgan fingerprint density at radius 2 is 1.76 bits per heavy atom. The van der Waals surface area contributed by atoms with E-state index >= 15 is 0 Å². The predicted octanol–water partition coefficient (Wildman–Crippen LogP) is 1.24. The highest BCUT2D eigenvalue weighted by molar-refractivity contribution is 5.60. The van der Waals surface area contributed by atoms with Crippen molar-refractivity contribution in [2.75, 3.05) is 0 Å². The molecule has 6 saturated carbocycles. The lowest BCUT2D eigenvalue weighted by Crippen LogP contribution is -3.11. The van der Waals surface area contributed by atoms with Crippen molar-refractivity contribution in [3.63, 3.8) is 0 Å². The number of nitrogens with zero attached hydrogens (tertiary/aromatic N) is 3. The normalized spacial score (nSPS) is 66.3. The van der Waals surface area contributed by atoms with Crippen molar-refractivity contribution < 1.29 is 0 Å². The second-order valence-corrected chi connectivity index (χ2v) is 7.55. The third-order valence-corrected chi connectivity index (χ3v) is 7.36. The first-order chi connectivity index (χ1) is 8.25. The molecular formula is C13H16N4. The van der Waals surface area contributed by atoms with Crippen LogP contribution in [0.1, 0.15) is 26.1 Å². The van der Waals surface area contributed by atoms with Gasteiger partial charge in [0, 0.05) is 5.41 Å². The quantitative estimate of drug-likeness (QED) is 0.846. The van der Waals surface area contributed by atoms with Crippen LogP contribution in [0, 0.1) is 46.8 Å². The maximum absolute atomic E-state index is 4.23. The summed E-state index contributed by atoms with van der Waals surface area (Å²) in [6, 6.07) is 0. The molecule has 7 rings (SSSR count). The SMILES string of the molecule is CC(C)CC12C3C4C1C1C2C3C41c1nnn[nH]1. The Hall–Kier alpha value is -0.930. The molecule has 1 aromatic heterocycles. The van der Waals surface area contributed by atoms with Crippen LogP contribution >= 0.6 is 0 Å². The van der Waals surface area contributed by atoms with E-state index < -0.39 is 0 Å². The number of tetrazole rings is 1. The summed E-state index contributed by atoms with van der Waals surface area (Å²) in [5.74, 6) is 8.10. The molecule has 0 atom stereocenters. The Labute approximate surface area is 99.6 Å². The topological polar surface area (TPSA) is 54.5 Å². The first-order valence-electron chi connectivity index (χ1n) is 7.00. The second-order valence-electron chi connectivity index (χ2n) is 7.55. The Kier molecular flexibility index (Phi) is 0.899. The third-order valence-electron chi connectivity index (χ3n) is 7.36. The molecule has 0 spiro atoms. The van der Waals surface area contributed by atoms with E-state index in [1.54, 1.807) is 0 Å². The van der Waals surface area contributed by atoms with Crippen LogP contribution in [0.15, 0.2) is 0 Å². The van der Waals surface area contributed by atoms with Crippen LogP contribution in [0.3, 0.4) is 0 Å². The molecule has 0 radical (unpaired) electrons. The number of rotatable bonds is 3. The van der Waals surface area contributed by atoms with Crippen LogP contribution in [0.25, 0.3) is 0 Å². The zero-order valence-electron chi connectivity index (χ0n) is 10.1. The molecule has 88 valence electrons. The van der Waals surface area contributed by atoms with Crippen molar-refractivity contribution in [2.45, 2.75) is 25.7 Å². The highest BCUT2D eigenvalue weighted by Crippen LogP contribution is 3.10. The molecule has 0 unspecified atom stereocenters. The zero-order valence-corrected chi connectivity index (χ0v) is 10.1. The van der Waals surface area contributed by atoms with Crippen molar-refractivity contribution >= 4 is 0 Å². The number of hydrogen-bond donors (Lipinski definition) is 1. The minimum absolute atomic E-state index is 0.461. The summed E-state index contributed by atoms with van der Waals surface area (Å²) < 4.78 is 0. The first-order valence-corrected chi connectivity index (χ1v) is 7.00. The summed E-state index contributed by atoms with van der Waals surface area (Å²) in [4.78, 5) is 0. The van der Waals surface area contributed by atoms with Gasteiger partial charge in [0.15, 0.2) is 5.82 Å². The van der Waals surface area contributed by atoms with Gasteiger partial charge in [-0.1, -0.05) is 13.8 Å². The molecule has 1 N–H and O–H groups in total. The van der Waals surface area contributed by atoms with E-state index in [2.05, 4.69) is 34.5 Å². The molecule has 6 fully saturated rings. The number of nitrogens with one attached hydrogen (secondary N) is 1. The Morgan fingerprint density at radius 3 is 2.24 bits per heavy atom. The molecule has 1 aromatic rings. The van der Waals surface area contributed by atoms with Gasteiger partial charge >= 0.3 is 0 Å². The van der Waals surface area contributed by atoms with E-state index in [0.717, 1.165) is 52.7 Å². The van der Waals surface area contributed by atoms with Crippen LogP contribution < -0.4 is 0 Å². The lowest BCUT2D eigenvalue weighted by molar-refractivity contribution is -0.632. The third kappa shape index (κ3) is 0.433. The van der Waals surface area contributed by atoms with Gasteiger partial charge in [0.1, 0.15) is 0 Å². The molecule has 0 amide bonds. The molecule has 0 aliphatic heterocycles. The Bertz CT molecular complexity index is 492. The fraction of sp³-hybridized carbons (Fsp3) is 0.923. The van der Waals surface area contributed by atoms with Gasteiger partial charge in [0.25, 0.3) is 0 Å². The van der Waals surface area contributed by atoms with Gasteiger partial charge in [0.05, 0.1) is 0 Å². The summed E-state index contributed by atoms with van der Waals surface area (Å²) in [6.07, 6.45) is 1.49. The molecule has 6 aliphatic carbocycles. The molecule has 4 heteroatoms. The minimum Gasteiger partial charge on any atom is -0.242 e. The van der Waals surface area contributed by atoms with E-state index in [0.29, 0.717) is 5.41 Å². The molecule has 0 saturated heterocycles. The predicted molar refractivity (Wildman–Crippen MR) is 58.7 cm³/mol. The summed E-state index contributed by atoms with van der Waals surface area (Å²) in [6.45, 7) is 4.77. The standard InChI is InChI=1S/C13H16N4/c1-4(2)3-12-5-8-6(12)10-7(12)9(5)13(8,10)11-14-16-17-15-11/h4-10H,3H2,1-2H3,(H,14,15,16,17).